The van der Waals surface area contributed by atoms with Crippen LogP contribution in [-0.4, -0.2) is 48.6 Å². The third-order valence-electron chi connectivity index (χ3n) is 7.15. The van der Waals surface area contributed by atoms with Crippen LogP contribution >= 0.6 is 0 Å². The summed E-state index contributed by atoms with van der Waals surface area (Å²) in [6.45, 7) is -1.33. The van der Waals surface area contributed by atoms with Crippen LogP contribution in [0.2, 0.25) is 0 Å². The Kier molecular flexibility index (Phi) is 7.16. The molecule has 38 heavy (non-hydrogen) atoms. The van der Waals surface area contributed by atoms with E-state index in [1.165, 1.54) is 0 Å². The minimum absolute atomic E-state index is 0.366. The normalized spacial score (nSPS) is 20.8. The molecule has 0 bridgehead atoms. The summed E-state index contributed by atoms with van der Waals surface area (Å²) in [6, 6.07) is -0.512. The number of methoxy groups -OCH3 is 1. The Hall–Kier alpha value is -2.91. The largest absolute Gasteiger partial charge is 0.492 e. The molecule has 0 amide bonds. The lowest BCUT2D eigenvalue weighted by atomic mass is 9.86. The molecule has 2 aliphatic rings. The number of benzene rings is 1. The van der Waals surface area contributed by atoms with E-state index in [-0.39, 0.29) is 13.1 Å². The summed E-state index contributed by atoms with van der Waals surface area (Å²) < 4.78 is 130. The van der Waals surface area contributed by atoms with Gasteiger partial charge in [0.05, 0.1) is 18.1 Å². The molecule has 0 spiro atoms. The van der Waals surface area contributed by atoms with Crippen LogP contribution in [0, 0.1) is 23.6 Å². The fourth-order valence-corrected chi connectivity index (χ4v) is 5.24. The van der Waals surface area contributed by atoms with Crippen LogP contribution in [0.4, 0.5) is 45.2 Å². The Morgan fingerprint density at radius 2 is 1.63 bits per heavy atom. The number of rotatable bonds is 7. The van der Waals surface area contributed by atoms with Gasteiger partial charge in [-0.1, -0.05) is 0 Å². The van der Waals surface area contributed by atoms with Crippen molar-refractivity contribution in [1.29, 1.82) is 0 Å². The van der Waals surface area contributed by atoms with Crippen LogP contribution in [0.1, 0.15) is 37.3 Å². The van der Waals surface area contributed by atoms with E-state index < -0.39 is 101 Å². The number of aromatic nitrogens is 2. The van der Waals surface area contributed by atoms with Gasteiger partial charge in [0.15, 0.2) is 17.5 Å². The van der Waals surface area contributed by atoms with Crippen molar-refractivity contribution in [3.8, 4) is 5.75 Å². The van der Waals surface area contributed by atoms with Crippen LogP contribution in [0.25, 0.3) is 10.9 Å². The van der Waals surface area contributed by atoms with Crippen molar-refractivity contribution < 1.29 is 44.3 Å². The zero-order chi connectivity index (χ0) is 28.3. The van der Waals surface area contributed by atoms with Crippen LogP contribution < -0.4 is 26.6 Å². The zero-order valence-electron chi connectivity index (χ0n) is 19.7. The lowest BCUT2D eigenvalue weighted by molar-refractivity contribution is -0.288. The Bertz CT molecular complexity index is 1320. The molecule has 2 fully saturated rings. The fourth-order valence-electron chi connectivity index (χ4n) is 5.24. The highest BCUT2D eigenvalue weighted by atomic mass is 19.4. The number of ether oxygens (including phenoxy) is 1. The van der Waals surface area contributed by atoms with Gasteiger partial charge in [0.2, 0.25) is 0 Å². The summed E-state index contributed by atoms with van der Waals surface area (Å²) in [5.74, 6) is -8.13. The highest BCUT2D eigenvalue weighted by Gasteiger charge is 2.58. The van der Waals surface area contributed by atoms with E-state index in [1.54, 1.807) is 0 Å². The quantitative estimate of drug-likeness (QED) is 0.493. The van der Waals surface area contributed by atoms with Crippen molar-refractivity contribution in [3.63, 3.8) is 0 Å². The van der Waals surface area contributed by atoms with Gasteiger partial charge in [0.25, 0.3) is 12.0 Å². The molecule has 1 saturated carbocycles. The molecule has 212 valence electrons. The molecule has 2 unspecified atom stereocenters. The average molecular weight is 562 g/mol. The molecule has 1 aromatic heterocycles. The number of nitrogens with one attached hydrogen (secondary N) is 1. The molecule has 0 radical (unpaired) electrons. The second kappa shape index (κ2) is 9.68. The molecular formula is C22H23F9N4O3. The summed E-state index contributed by atoms with van der Waals surface area (Å²) in [5, 5.41) is -0.829. The first-order valence-electron chi connectivity index (χ1n) is 11.6. The fraction of sp³-hybridized carbons (Fsp3) is 0.636. The summed E-state index contributed by atoms with van der Waals surface area (Å²) in [4.78, 5) is 28.0. The van der Waals surface area contributed by atoms with E-state index >= 15 is 4.39 Å². The van der Waals surface area contributed by atoms with E-state index in [0.29, 0.717) is 12.8 Å². The Labute approximate surface area is 208 Å². The SMILES string of the molecule is COc1c(N2CC(CN)C(CC(C(F)(F)F)C(F)(F)F)C2)c(F)c(C(F)F)c2c(=O)[nH]c(=O)n(C3CC3)c12. The van der Waals surface area contributed by atoms with Crippen LogP contribution in [0.15, 0.2) is 9.59 Å². The monoisotopic (exact) mass is 562 g/mol. The molecule has 1 aliphatic heterocycles. The highest BCUT2D eigenvalue weighted by Crippen LogP contribution is 2.49. The predicted octanol–water partition coefficient (Wildman–Crippen LogP) is 4.25. The van der Waals surface area contributed by atoms with Gasteiger partial charge < -0.3 is 15.4 Å². The third kappa shape index (κ3) is 4.82. The Morgan fingerprint density at radius 3 is 2.11 bits per heavy atom. The van der Waals surface area contributed by atoms with Crippen molar-refractivity contribution >= 4 is 16.6 Å². The summed E-state index contributed by atoms with van der Waals surface area (Å²) in [6.07, 6.45) is -15.3. The molecular weight excluding hydrogens is 539 g/mol. The number of nitrogens with zero attached hydrogens (tertiary/aromatic N) is 2. The van der Waals surface area contributed by atoms with Gasteiger partial charge in [0.1, 0.15) is 11.2 Å². The summed E-state index contributed by atoms with van der Waals surface area (Å²) in [7, 11) is 1.01. The number of halogens is 9. The first-order valence-corrected chi connectivity index (χ1v) is 11.6. The van der Waals surface area contributed by atoms with Gasteiger partial charge in [-0.3, -0.25) is 14.3 Å². The second-order valence-corrected chi connectivity index (χ2v) is 9.53. The van der Waals surface area contributed by atoms with E-state index in [4.69, 9.17) is 10.5 Å². The maximum atomic E-state index is 15.7. The first kappa shape index (κ1) is 28.1. The number of H-pyrrole nitrogens is 1. The van der Waals surface area contributed by atoms with E-state index in [9.17, 15) is 44.7 Å². The van der Waals surface area contributed by atoms with Gasteiger partial charge >= 0.3 is 18.0 Å². The van der Waals surface area contributed by atoms with E-state index in [1.807, 2.05) is 4.98 Å². The van der Waals surface area contributed by atoms with Crippen molar-refractivity contribution in [3.05, 3.63) is 32.2 Å². The average Bonchev–Trinajstić information content (AvgIpc) is 3.54. The minimum atomic E-state index is -5.61. The second-order valence-electron chi connectivity index (χ2n) is 9.53. The maximum absolute atomic E-state index is 15.7. The number of aromatic amines is 1. The smallest absolute Gasteiger partial charge is 0.400 e. The molecule has 16 heteroatoms. The number of hydrogen-bond acceptors (Lipinski definition) is 5. The van der Waals surface area contributed by atoms with Gasteiger partial charge in [-0.25, -0.2) is 18.0 Å². The zero-order valence-corrected chi connectivity index (χ0v) is 19.7. The van der Waals surface area contributed by atoms with E-state index in [2.05, 4.69) is 0 Å². The third-order valence-corrected chi connectivity index (χ3v) is 7.15. The summed E-state index contributed by atoms with van der Waals surface area (Å²) >= 11 is 0. The minimum Gasteiger partial charge on any atom is -0.492 e. The van der Waals surface area contributed by atoms with Gasteiger partial charge in [0, 0.05) is 19.1 Å². The highest BCUT2D eigenvalue weighted by molar-refractivity contribution is 5.94. The van der Waals surface area contributed by atoms with Gasteiger partial charge in [-0.05, 0) is 37.6 Å². The van der Waals surface area contributed by atoms with Crippen LogP contribution in [0.3, 0.4) is 0 Å². The molecule has 2 aromatic rings. The molecule has 7 nitrogen and oxygen atoms in total. The lowest BCUT2D eigenvalue weighted by Crippen LogP contribution is -2.39. The van der Waals surface area contributed by atoms with Crippen LogP contribution in [-0.2, 0) is 0 Å². The molecule has 1 aromatic carbocycles. The molecule has 2 atom stereocenters. The van der Waals surface area contributed by atoms with Crippen molar-refractivity contribution in [2.24, 2.45) is 23.5 Å². The van der Waals surface area contributed by atoms with Gasteiger partial charge in [-0.15, -0.1) is 0 Å². The number of alkyl halides is 8. The maximum Gasteiger partial charge on any atom is 0.400 e. The first-order chi connectivity index (χ1) is 17.6. The van der Waals surface area contributed by atoms with Crippen molar-refractivity contribution in [1.82, 2.24) is 9.55 Å². The van der Waals surface area contributed by atoms with Crippen molar-refractivity contribution in [2.45, 2.75) is 44.1 Å². The topological polar surface area (TPSA) is 93.3 Å². The number of nitrogens with two attached hydrogens (primary N) is 1. The Morgan fingerprint density at radius 1 is 1.05 bits per heavy atom. The molecule has 1 saturated heterocycles. The summed E-state index contributed by atoms with van der Waals surface area (Å²) in [5.41, 5.74) is 0.898. The van der Waals surface area contributed by atoms with E-state index in [0.717, 1.165) is 16.6 Å². The number of hydrogen-bond donors (Lipinski definition) is 2. The number of anilines is 1. The lowest BCUT2D eigenvalue weighted by Gasteiger charge is -2.28. The Balaban J connectivity index is 1.91. The molecule has 3 N–H and O–H groups in total. The molecule has 1 aliphatic carbocycles. The molecule has 2 heterocycles. The van der Waals surface area contributed by atoms with Crippen molar-refractivity contribution in [2.75, 3.05) is 31.6 Å². The van der Waals surface area contributed by atoms with Crippen LogP contribution in [0.5, 0.6) is 5.75 Å². The standard InChI is InChI=1S/C22H23F9N4O3/c1-38-17-15-13(19(36)33-20(37)35(15)10-2-3-10)12(18(24)25)14(23)16(17)34-6-8(9(5-32)7-34)4-11(21(26,27)28)22(29,30)31/h8-11,18H,2-7,32H2,1H3,(H,33,36,37). The number of fused-ring (bicyclic) bond motifs is 1. The predicted molar refractivity (Wildman–Crippen MR) is 117 cm³/mol. The van der Waals surface area contributed by atoms with Gasteiger partial charge in [-0.2, -0.15) is 26.3 Å². The molecule has 4 rings (SSSR count).